The van der Waals surface area contributed by atoms with Crippen molar-refractivity contribution in [3.63, 3.8) is 0 Å². The topological polar surface area (TPSA) is 59.1 Å². The molecule has 33 heavy (non-hydrogen) atoms. The van der Waals surface area contributed by atoms with Gasteiger partial charge in [0.25, 0.3) is 0 Å². The van der Waals surface area contributed by atoms with Crippen molar-refractivity contribution in [3.05, 3.63) is 52.5 Å². The Morgan fingerprint density at radius 1 is 1.12 bits per heavy atom. The minimum atomic E-state index is 0.0901. The molecule has 3 saturated heterocycles. The standard InChI is InChI=1S/C25H30Cl2N4O2/c1-16(28-19-4-7-24(32)23(27)10-19)17-8-9-29(12-17)15-25(33)31-14-21-11-22(31)13-30(21)20-5-2-18(26)3-6-20/h2-7,10,16-17,21-22,28,32H,8-9,11-15H2,1H3/t16-,17+,21?,22?/m0/s1. The summed E-state index contributed by atoms with van der Waals surface area (Å²) in [5.41, 5.74) is 2.09. The van der Waals surface area contributed by atoms with Crippen LogP contribution in [0, 0.1) is 5.92 Å². The number of rotatable bonds is 6. The number of fused-ring (bicyclic) bond motifs is 2. The minimum absolute atomic E-state index is 0.0901. The number of anilines is 2. The Morgan fingerprint density at radius 3 is 2.61 bits per heavy atom. The summed E-state index contributed by atoms with van der Waals surface area (Å²) in [6, 6.07) is 14.1. The van der Waals surface area contributed by atoms with Crippen molar-refractivity contribution in [2.24, 2.45) is 5.92 Å². The third kappa shape index (κ3) is 4.75. The first-order chi connectivity index (χ1) is 15.9. The zero-order valence-electron chi connectivity index (χ0n) is 18.8. The normalized spacial score (nSPS) is 25.6. The Morgan fingerprint density at radius 2 is 1.91 bits per heavy atom. The van der Waals surface area contributed by atoms with Gasteiger partial charge in [0.1, 0.15) is 5.75 Å². The fraction of sp³-hybridized carbons (Fsp3) is 0.480. The lowest BCUT2D eigenvalue weighted by atomic mass is 10.0. The second-order valence-corrected chi connectivity index (χ2v) is 10.4. The van der Waals surface area contributed by atoms with E-state index in [1.54, 1.807) is 12.1 Å². The predicted octanol–water partition coefficient (Wildman–Crippen LogP) is 4.31. The third-order valence-electron chi connectivity index (χ3n) is 7.44. The van der Waals surface area contributed by atoms with Gasteiger partial charge in [0, 0.05) is 48.1 Å². The van der Waals surface area contributed by atoms with Gasteiger partial charge in [-0.05, 0) is 74.7 Å². The third-order valence-corrected chi connectivity index (χ3v) is 7.99. The number of carbonyl (C=O) groups is 1. The quantitative estimate of drug-likeness (QED) is 0.593. The number of piperazine rings is 1. The molecule has 8 heteroatoms. The van der Waals surface area contributed by atoms with E-state index in [0.717, 1.165) is 49.7 Å². The number of halogens is 2. The van der Waals surface area contributed by atoms with Gasteiger partial charge in [0.15, 0.2) is 0 Å². The molecule has 5 rings (SSSR count). The molecule has 2 N–H and O–H groups in total. The van der Waals surface area contributed by atoms with Gasteiger partial charge in [-0.2, -0.15) is 0 Å². The van der Waals surface area contributed by atoms with Crippen molar-refractivity contribution >= 4 is 40.5 Å². The van der Waals surface area contributed by atoms with E-state index in [0.29, 0.717) is 29.6 Å². The van der Waals surface area contributed by atoms with Crippen molar-refractivity contribution in [1.82, 2.24) is 9.80 Å². The molecule has 2 bridgehead atoms. The first-order valence-corrected chi connectivity index (χ1v) is 12.4. The van der Waals surface area contributed by atoms with E-state index in [-0.39, 0.29) is 17.7 Å². The molecule has 3 aliphatic rings. The van der Waals surface area contributed by atoms with Crippen molar-refractivity contribution in [2.45, 2.75) is 37.9 Å². The first-order valence-electron chi connectivity index (χ1n) is 11.7. The Labute approximate surface area is 205 Å². The SMILES string of the molecule is C[C@H](Nc1ccc(O)c(Cl)c1)[C@@H]1CCN(CC(=O)N2CC3CC2CN3c2ccc(Cl)cc2)C1. The number of amides is 1. The number of benzene rings is 2. The van der Waals surface area contributed by atoms with E-state index in [4.69, 9.17) is 23.2 Å². The van der Waals surface area contributed by atoms with Crippen molar-refractivity contribution < 1.29 is 9.90 Å². The van der Waals surface area contributed by atoms with Crippen molar-refractivity contribution in [3.8, 4) is 5.75 Å². The molecule has 4 atom stereocenters. The number of aromatic hydroxyl groups is 1. The first kappa shape index (κ1) is 22.6. The summed E-state index contributed by atoms with van der Waals surface area (Å²) in [6.07, 6.45) is 2.11. The molecule has 2 aromatic rings. The van der Waals surface area contributed by atoms with Gasteiger partial charge in [0.2, 0.25) is 5.91 Å². The highest BCUT2D eigenvalue weighted by atomic mass is 35.5. The van der Waals surface area contributed by atoms with Gasteiger partial charge in [-0.1, -0.05) is 23.2 Å². The molecular weight excluding hydrogens is 459 g/mol. The number of carbonyl (C=O) groups excluding carboxylic acids is 1. The van der Waals surface area contributed by atoms with Gasteiger partial charge < -0.3 is 20.2 Å². The lowest BCUT2D eigenvalue weighted by Crippen LogP contribution is -2.51. The van der Waals surface area contributed by atoms with Gasteiger partial charge in [-0.3, -0.25) is 9.69 Å². The van der Waals surface area contributed by atoms with Gasteiger partial charge in [0.05, 0.1) is 17.6 Å². The molecule has 0 radical (unpaired) electrons. The number of nitrogens with one attached hydrogen (secondary N) is 1. The van der Waals surface area contributed by atoms with E-state index in [9.17, 15) is 9.90 Å². The van der Waals surface area contributed by atoms with Crippen LogP contribution in [0.3, 0.4) is 0 Å². The fourth-order valence-corrected chi connectivity index (χ4v) is 5.90. The molecule has 2 unspecified atom stereocenters. The smallest absolute Gasteiger partial charge is 0.237 e. The Hall–Kier alpha value is -2.15. The summed E-state index contributed by atoms with van der Waals surface area (Å²) in [5, 5.41) is 14.2. The summed E-state index contributed by atoms with van der Waals surface area (Å²) in [7, 11) is 0. The molecule has 2 aromatic carbocycles. The summed E-state index contributed by atoms with van der Waals surface area (Å²) in [5.74, 6) is 0.804. The minimum Gasteiger partial charge on any atom is -0.506 e. The highest BCUT2D eigenvalue weighted by Crippen LogP contribution is 2.35. The lowest BCUT2D eigenvalue weighted by Gasteiger charge is -2.36. The maximum Gasteiger partial charge on any atom is 0.237 e. The molecular formula is C25H30Cl2N4O2. The molecule has 176 valence electrons. The van der Waals surface area contributed by atoms with E-state index in [1.807, 2.05) is 18.2 Å². The summed E-state index contributed by atoms with van der Waals surface area (Å²) in [6.45, 7) is 6.22. The maximum atomic E-state index is 13.1. The van der Waals surface area contributed by atoms with Gasteiger partial charge >= 0.3 is 0 Å². The predicted molar refractivity (Wildman–Crippen MR) is 133 cm³/mol. The molecule has 0 saturated carbocycles. The second-order valence-electron chi connectivity index (χ2n) is 9.60. The number of hydrogen-bond donors (Lipinski definition) is 2. The summed E-state index contributed by atoms with van der Waals surface area (Å²) < 4.78 is 0. The second kappa shape index (κ2) is 9.24. The molecule has 3 heterocycles. The van der Waals surface area contributed by atoms with Crippen LogP contribution >= 0.6 is 23.2 Å². The number of likely N-dealkylation sites (tertiary alicyclic amines) is 2. The molecule has 0 aliphatic carbocycles. The lowest BCUT2D eigenvalue weighted by molar-refractivity contribution is -0.133. The Bertz CT molecular complexity index is 1020. The van der Waals surface area contributed by atoms with Crippen LogP contribution in [-0.2, 0) is 4.79 Å². The summed E-state index contributed by atoms with van der Waals surface area (Å²) >= 11 is 12.1. The molecule has 0 spiro atoms. The highest BCUT2D eigenvalue weighted by Gasteiger charge is 2.45. The van der Waals surface area contributed by atoms with E-state index in [2.05, 4.69) is 39.1 Å². The summed E-state index contributed by atoms with van der Waals surface area (Å²) in [4.78, 5) is 19.9. The number of nitrogens with zero attached hydrogens (tertiary/aromatic N) is 3. The van der Waals surface area contributed by atoms with Crippen LogP contribution in [0.5, 0.6) is 5.75 Å². The van der Waals surface area contributed by atoms with Crippen LogP contribution in [0.4, 0.5) is 11.4 Å². The van der Waals surface area contributed by atoms with Crippen LogP contribution in [-0.4, -0.2) is 71.7 Å². The molecule has 3 fully saturated rings. The van der Waals surface area contributed by atoms with Crippen LogP contribution in [0.15, 0.2) is 42.5 Å². The maximum absolute atomic E-state index is 13.1. The number of phenols is 1. The van der Waals surface area contributed by atoms with E-state index in [1.165, 1.54) is 5.69 Å². The van der Waals surface area contributed by atoms with Crippen LogP contribution in [0.2, 0.25) is 10.0 Å². The molecule has 3 aliphatic heterocycles. The van der Waals surface area contributed by atoms with Crippen LogP contribution < -0.4 is 10.2 Å². The van der Waals surface area contributed by atoms with Crippen molar-refractivity contribution in [1.29, 1.82) is 0 Å². The highest BCUT2D eigenvalue weighted by molar-refractivity contribution is 6.32. The average Bonchev–Trinajstić information content (AvgIpc) is 3.53. The van der Waals surface area contributed by atoms with E-state index < -0.39 is 0 Å². The molecule has 6 nitrogen and oxygen atoms in total. The molecule has 1 amide bonds. The number of hydrogen-bond acceptors (Lipinski definition) is 5. The Kier molecular flexibility index (Phi) is 6.34. The van der Waals surface area contributed by atoms with Gasteiger partial charge in [-0.25, -0.2) is 0 Å². The van der Waals surface area contributed by atoms with Crippen LogP contribution in [0.1, 0.15) is 19.8 Å². The zero-order chi connectivity index (χ0) is 23.1. The zero-order valence-corrected chi connectivity index (χ0v) is 20.3. The number of phenolic OH excluding ortho intramolecular Hbond substituents is 1. The monoisotopic (exact) mass is 488 g/mol. The Balaban J connectivity index is 1.11. The van der Waals surface area contributed by atoms with Gasteiger partial charge in [-0.15, -0.1) is 0 Å². The fourth-order valence-electron chi connectivity index (χ4n) is 5.60. The largest absolute Gasteiger partial charge is 0.506 e. The van der Waals surface area contributed by atoms with Crippen LogP contribution in [0.25, 0.3) is 0 Å². The molecule has 0 aromatic heterocycles. The van der Waals surface area contributed by atoms with Crippen molar-refractivity contribution in [2.75, 3.05) is 42.9 Å². The van der Waals surface area contributed by atoms with E-state index >= 15 is 0 Å². The average molecular weight is 489 g/mol.